The summed E-state index contributed by atoms with van der Waals surface area (Å²) >= 11 is 1.22. The van der Waals surface area contributed by atoms with Crippen molar-refractivity contribution in [2.45, 2.75) is 4.90 Å². The van der Waals surface area contributed by atoms with Crippen molar-refractivity contribution in [3.05, 3.63) is 35.8 Å². The average Bonchev–Trinajstić information content (AvgIpc) is 2.70. The van der Waals surface area contributed by atoms with E-state index in [4.69, 9.17) is 5.73 Å². The first-order valence-corrected chi connectivity index (χ1v) is 6.72. The van der Waals surface area contributed by atoms with Gasteiger partial charge < -0.3 is 5.73 Å². The van der Waals surface area contributed by atoms with Gasteiger partial charge in [0, 0.05) is 36.7 Å². The number of nitrogens with one attached hydrogen (secondary N) is 1. The molecule has 1 aromatic carbocycles. The Morgan fingerprint density at radius 1 is 1.24 bits per heavy atom. The number of anilines is 2. The van der Waals surface area contributed by atoms with E-state index in [9.17, 15) is 8.42 Å². The molecule has 3 N–H and O–H groups in total. The van der Waals surface area contributed by atoms with Gasteiger partial charge in [0.05, 0.1) is 4.90 Å². The number of nitrogens with zero attached hydrogens (tertiary/aromatic N) is 1. The van der Waals surface area contributed by atoms with E-state index in [0.717, 1.165) is 0 Å². The fourth-order valence-electron chi connectivity index (χ4n) is 1.09. The third-order valence-electron chi connectivity index (χ3n) is 1.84. The summed E-state index contributed by atoms with van der Waals surface area (Å²) in [6.45, 7) is 0. The van der Waals surface area contributed by atoms with Crippen molar-refractivity contribution >= 4 is 32.2 Å². The van der Waals surface area contributed by atoms with Crippen molar-refractivity contribution in [2.75, 3.05) is 10.5 Å². The van der Waals surface area contributed by atoms with Gasteiger partial charge in [0.1, 0.15) is 0 Å². The molecule has 2 rings (SSSR count). The third kappa shape index (κ3) is 3.49. The second kappa shape index (κ2) is 5.57. The number of nitrogen functional groups attached to an aromatic ring is 1. The molecule has 1 aromatic heterocycles. The SMILES string of the molecule is Nc1ccc(S(=O)(=O)Nc2nccs2)cc1.[Zn]. The monoisotopic (exact) mass is 319 g/mol. The number of thiazole rings is 1. The van der Waals surface area contributed by atoms with Crippen molar-refractivity contribution < 1.29 is 27.9 Å². The first-order valence-electron chi connectivity index (χ1n) is 4.36. The number of hydrogen-bond donors (Lipinski definition) is 2. The predicted octanol–water partition coefficient (Wildman–Crippen LogP) is 1.52. The third-order valence-corrected chi connectivity index (χ3v) is 4.02. The van der Waals surface area contributed by atoms with Gasteiger partial charge in [-0.3, -0.25) is 4.72 Å². The molecule has 0 saturated carbocycles. The molecule has 8 heteroatoms. The Balaban J connectivity index is 0.00000144. The van der Waals surface area contributed by atoms with Gasteiger partial charge in [0.25, 0.3) is 10.0 Å². The number of hydrogen-bond acceptors (Lipinski definition) is 5. The number of nitrogens with two attached hydrogens (primary N) is 1. The Labute approximate surface area is 116 Å². The van der Waals surface area contributed by atoms with Crippen LogP contribution in [0.4, 0.5) is 10.8 Å². The molecule has 0 unspecified atom stereocenters. The molecular weight excluding hydrogens is 312 g/mol. The molecular formula is C9H9N3O2S2Zn. The fourth-order valence-corrected chi connectivity index (χ4v) is 2.88. The first kappa shape index (κ1) is 14.1. The molecule has 0 radical (unpaired) electrons. The molecule has 0 spiro atoms. The minimum Gasteiger partial charge on any atom is -0.399 e. The summed E-state index contributed by atoms with van der Waals surface area (Å²) in [5.74, 6) is 0. The quantitative estimate of drug-likeness (QED) is 0.663. The molecule has 0 saturated heterocycles. The second-order valence-electron chi connectivity index (χ2n) is 3.01. The van der Waals surface area contributed by atoms with Gasteiger partial charge in [0.15, 0.2) is 5.13 Å². The zero-order chi connectivity index (χ0) is 11.6. The van der Waals surface area contributed by atoms with Crippen LogP contribution in [0.5, 0.6) is 0 Å². The van der Waals surface area contributed by atoms with Crippen LogP contribution >= 0.6 is 11.3 Å². The van der Waals surface area contributed by atoms with E-state index in [2.05, 4.69) is 9.71 Å². The van der Waals surface area contributed by atoms with Crippen molar-refractivity contribution in [3.8, 4) is 0 Å². The van der Waals surface area contributed by atoms with Gasteiger partial charge in [-0.05, 0) is 24.3 Å². The van der Waals surface area contributed by atoms with Gasteiger partial charge in [0.2, 0.25) is 0 Å². The molecule has 0 aliphatic rings. The summed E-state index contributed by atoms with van der Waals surface area (Å²) in [5, 5.41) is 2.04. The molecule has 0 aliphatic carbocycles. The maximum absolute atomic E-state index is 11.8. The normalized spacial score (nSPS) is 10.6. The predicted molar refractivity (Wildman–Crippen MR) is 63.8 cm³/mol. The largest absolute Gasteiger partial charge is 0.399 e. The van der Waals surface area contributed by atoms with Crippen LogP contribution < -0.4 is 10.5 Å². The van der Waals surface area contributed by atoms with Crippen molar-refractivity contribution in [2.24, 2.45) is 0 Å². The molecule has 0 aliphatic heterocycles. The minimum atomic E-state index is -3.56. The molecule has 0 amide bonds. The van der Waals surface area contributed by atoms with Crippen LogP contribution in [0.15, 0.2) is 40.7 Å². The Morgan fingerprint density at radius 2 is 1.88 bits per heavy atom. The Morgan fingerprint density at radius 3 is 2.41 bits per heavy atom. The summed E-state index contributed by atoms with van der Waals surface area (Å²) in [6, 6.07) is 5.98. The number of benzene rings is 1. The maximum atomic E-state index is 11.8. The summed E-state index contributed by atoms with van der Waals surface area (Å²) in [5.41, 5.74) is 6.00. The average molecular weight is 321 g/mol. The topological polar surface area (TPSA) is 85.1 Å². The number of sulfonamides is 1. The molecule has 86 valence electrons. The van der Waals surface area contributed by atoms with Crippen LogP contribution in [0.3, 0.4) is 0 Å². The zero-order valence-corrected chi connectivity index (χ0v) is 13.4. The summed E-state index contributed by atoms with van der Waals surface area (Å²) in [6.07, 6.45) is 1.53. The zero-order valence-electron chi connectivity index (χ0n) is 8.83. The van der Waals surface area contributed by atoms with E-state index in [1.165, 1.54) is 41.8 Å². The van der Waals surface area contributed by atoms with Crippen LogP contribution in [-0.2, 0) is 29.5 Å². The Bertz CT molecular complexity index is 567. The van der Waals surface area contributed by atoms with Crippen LogP contribution in [0, 0.1) is 0 Å². The van der Waals surface area contributed by atoms with Gasteiger partial charge in [-0.25, -0.2) is 13.4 Å². The molecule has 17 heavy (non-hydrogen) atoms. The summed E-state index contributed by atoms with van der Waals surface area (Å²) < 4.78 is 26.0. The Kier molecular flexibility index (Phi) is 4.62. The van der Waals surface area contributed by atoms with Crippen molar-refractivity contribution in [3.63, 3.8) is 0 Å². The van der Waals surface area contributed by atoms with Crippen LogP contribution in [0.25, 0.3) is 0 Å². The molecule has 0 fully saturated rings. The fraction of sp³-hybridized carbons (Fsp3) is 0. The second-order valence-corrected chi connectivity index (χ2v) is 5.59. The smallest absolute Gasteiger partial charge is 0.263 e. The van der Waals surface area contributed by atoms with Gasteiger partial charge in [-0.15, -0.1) is 11.3 Å². The van der Waals surface area contributed by atoms with E-state index in [0.29, 0.717) is 10.8 Å². The van der Waals surface area contributed by atoms with Crippen LogP contribution in [-0.4, -0.2) is 13.4 Å². The van der Waals surface area contributed by atoms with E-state index in [1.54, 1.807) is 5.38 Å². The molecule has 0 atom stereocenters. The van der Waals surface area contributed by atoms with Crippen LogP contribution in [0.2, 0.25) is 0 Å². The van der Waals surface area contributed by atoms with E-state index in [-0.39, 0.29) is 24.4 Å². The van der Waals surface area contributed by atoms with Crippen molar-refractivity contribution in [1.82, 2.24) is 4.98 Å². The minimum absolute atomic E-state index is 0. The molecule has 0 bridgehead atoms. The summed E-state index contributed by atoms with van der Waals surface area (Å²) in [4.78, 5) is 4.01. The van der Waals surface area contributed by atoms with Gasteiger partial charge in [-0.2, -0.15) is 0 Å². The van der Waals surface area contributed by atoms with E-state index >= 15 is 0 Å². The van der Waals surface area contributed by atoms with E-state index < -0.39 is 10.0 Å². The van der Waals surface area contributed by atoms with Gasteiger partial charge >= 0.3 is 0 Å². The molecule has 5 nitrogen and oxygen atoms in total. The number of rotatable bonds is 3. The summed E-state index contributed by atoms with van der Waals surface area (Å²) in [7, 11) is -3.56. The van der Waals surface area contributed by atoms with E-state index in [1.807, 2.05) is 0 Å². The van der Waals surface area contributed by atoms with Crippen LogP contribution in [0.1, 0.15) is 0 Å². The Hall–Kier alpha value is -0.977. The number of aromatic nitrogens is 1. The maximum Gasteiger partial charge on any atom is 0.263 e. The first-order chi connectivity index (χ1) is 7.58. The van der Waals surface area contributed by atoms with Crippen molar-refractivity contribution in [1.29, 1.82) is 0 Å². The molecule has 1 heterocycles. The standard InChI is InChI=1S/C9H9N3O2S2.Zn/c10-7-1-3-8(4-2-7)16(13,14)12-9-11-5-6-15-9;/h1-6H,10H2,(H,11,12);. The molecule has 2 aromatic rings. The van der Waals surface area contributed by atoms with Gasteiger partial charge in [-0.1, -0.05) is 0 Å².